The topological polar surface area (TPSA) is 87.1 Å². The van der Waals surface area contributed by atoms with Gasteiger partial charge < -0.3 is 9.84 Å². The summed E-state index contributed by atoms with van der Waals surface area (Å²) in [5.41, 5.74) is 3.91. The molecule has 6 nitrogen and oxygen atoms in total. The molecule has 0 aromatic heterocycles. The molecule has 0 heterocycles. The molecule has 0 bridgehead atoms. The highest BCUT2D eigenvalue weighted by atomic mass is 35.5. The summed E-state index contributed by atoms with van der Waals surface area (Å²) in [6, 6.07) is 17.5. The van der Waals surface area contributed by atoms with E-state index in [-0.39, 0.29) is 6.04 Å². The van der Waals surface area contributed by atoms with Crippen molar-refractivity contribution in [2.75, 3.05) is 10.9 Å². The Morgan fingerprint density at radius 3 is 2.58 bits per heavy atom. The van der Waals surface area contributed by atoms with Crippen molar-refractivity contribution in [3.63, 3.8) is 0 Å². The summed E-state index contributed by atoms with van der Waals surface area (Å²) in [5, 5.41) is 10.1. The molecule has 1 aliphatic carbocycles. The van der Waals surface area contributed by atoms with Crippen LogP contribution in [0.5, 0.6) is 5.75 Å². The predicted molar refractivity (Wildman–Crippen MR) is 130 cm³/mol. The number of halogens is 2. The number of anilines is 1. The van der Waals surface area contributed by atoms with Crippen LogP contribution in [0.4, 0.5) is 5.69 Å². The fourth-order valence-corrected chi connectivity index (χ4v) is 5.33. The Hall–Kier alpha value is -2.58. The molecule has 4 rings (SSSR count). The number of benzene rings is 3. The zero-order chi connectivity index (χ0) is 23.5. The predicted octanol–water partition coefficient (Wildman–Crippen LogP) is 6.14. The first kappa shape index (κ1) is 23.6. The Kier molecular flexibility index (Phi) is 7.24. The Morgan fingerprint density at radius 1 is 1.12 bits per heavy atom. The van der Waals surface area contributed by atoms with Gasteiger partial charge >= 0.3 is 5.97 Å². The van der Waals surface area contributed by atoms with Crippen LogP contribution in [0.25, 0.3) is 11.1 Å². The van der Waals surface area contributed by atoms with Crippen LogP contribution in [0.3, 0.4) is 0 Å². The van der Waals surface area contributed by atoms with Crippen LogP contribution in [-0.2, 0) is 22.5 Å². The number of rotatable bonds is 7. The molecule has 172 valence electrons. The lowest BCUT2D eigenvalue weighted by molar-refractivity contribution is -0.139. The molecule has 0 saturated heterocycles. The van der Waals surface area contributed by atoms with Gasteiger partial charge in [0.2, 0.25) is 0 Å². The summed E-state index contributed by atoms with van der Waals surface area (Å²) >= 11 is 10.1. The Bertz CT molecular complexity index is 1200. The Morgan fingerprint density at radius 2 is 1.88 bits per heavy atom. The fourth-order valence-electron chi connectivity index (χ4n) is 4.19. The molecule has 1 aliphatic rings. The lowest BCUT2D eigenvalue weighted by Gasteiger charge is -2.35. The third kappa shape index (κ3) is 5.17. The maximum Gasteiger partial charge on any atom is 0.341 e. The molecule has 0 amide bonds. The third-order valence-electron chi connectivity index (χ3n) is 5.60. The molecule has 0 fully saturated rings. The highest BCUT2D eigenvalue weighted by Gasteiger charge is 2.31. The highest BCUT2D eigenvalue weighted by Crippen LogP contribution is 2.41. The van der Waals surface area contributed by atoms with Crippen LogP contribution in [-0.4, -0.2) is 26.4 Å². The van der Waals surface area contributed by atoms with Gasteiger partial charge in [0.25, 0.3) is 11.3 Å². The van der Waals surface area contributed by atoms with Crippen molar-refractivity contribution in [2.24, 2.45) is 0 Å². The molecule has 9 heteroatoms. The van der Waals surface area contributed by atoms with E-state index in [0.29, 0.717) is 34.3 Å². The number of carboxylic acid groups (broad SMARTS) is 1. The van der Waals surface area contributed by atoms with Crippen molar-refractivity contribution in [3.8, 4) is 16.9 Å². The highest BCUT2D eigenvalue weighted by molar-refractivity contribution is 7.80. The van der Waals surface area contributed by atoms with Crippen molar-refractivity contribution < 1.29 is 23.4 Å². The minimum atomic E-state index is -2.28. The maximum absolute atomic E-state index is 12.5. The van der Waals surface area contributed by atoms with E-state index < -0.39 is 23.8 Å². The number of carboxylic acids is 1. The van der Waals surface area contributed by atoms with Gasteiger partial charge in [0, 0.05) is 15.6 Å². The molecule has 0 saturated carbocycles. The van der Waals surface area contributed by atoms with Gasteiger partial charge in [0.05, 0.1) is 11.7 Å². The zero-order valence-electron chi connectivity index (χ0n) is 17.4. The second kappa shape index (κ2) is 10.1. The van der Waals surface area contributed by atoms with E-state index in [1.54, 1.807) is 42.5 Å². The SMILES string of the molecule is O=C(O)COc1cccc2c1CCCC2N(c1ccc(-c2cc(Cl)ccc2Cl)cc1)S(=O)O. The number of hydrogen-bond acceptors (Lipinski definition) is 3. The van der Waals surface area contributed by atoms with Crippen molar-refractivity contribution >= 4 is 46.1 Å². The number of ether oxygens (including phenoxy) is 1. The second-order valence-electron chi connectivity index (χ2n) is 7.64. The Balaban J connectivity index is 1.68. The number of carbonyl (C=O) groups is 1. The van der Waals surface area contributed by atoms with Gasteiger partial charge in [0.1, 0.15) is 5.75 Å². The van der Waals surface area contributed by atoms with Gasteiger partial charge in [-0.2, -0.15) is 0 Å². The van der Waals surface area contributed by atoms with E-state index >= 15 is 0 Å². The van der Waals surface area contributed by atoms with Crippen molar-refractivity contribution in [2.45, 2.75) is 25.3 Å². The first-order valence-electron chi connectivity index (χ1n) is 10.3. The average molecular weight is 506 g/mol. The lowest BCUT2D eigenvalue weighted by Crippen LogP contribution is -2.33. The molecule has 2 atom stereocenters. The molecular weight excluding hydrogens is 485 g/mol. The van der Waals surface area contributed by atoms with Crippen molar-refractivity contribution in [1.29, 1.82) is 0 Å². The van der Waals surface area contributed by atoms with E-state index in [0.717, 1.165) is 28.7 Å². The van der Waals surface area contributed by atoms with Gasteiger partial charge in [-0.05, 0) is 72.4 Å². The number of nitrogens with zero attached hydrogens (tertiary/aromatic N) is 1. The monoisotopic (exact) mass is 505 g/mol. The molecule has 3 aromatic rings. The van der Waals surface area contributed by atoms with Crippen LogP contribution in [0.2, 0.25) is 10.0 Å². The summed E-state index contributed by atoms with van der Waals surface area (Å²) < 4.78 is 29.6. The number of hydrogen-bond donors (Lipinski definition) is 2. The number of aliphatic carboxylic acids is 1. The normalized spacial score (nSPS) is 16.0. The first-order chi connectivity index (χ1) is 15.8. The van der Waals surface area contributed by atoms with Crippen LogP contribution >= 0.6 is 23.2 Å². The second-order valence-corrected chi connectivity index (χ2v) is 9.34. The molecular formula is C24H21Cl2NO5S. The standard InChI is InChI=1S/C24H21Cl2NO5S/c25-16-9-12-21(26)20(13-16)15-7-10-17(11-8-15)27(33(30)31)22-5-1-4-19-18(22)3-2-6-23(19)32-14-24(28)29/h2-3,6-13,22H,1,4-5,14H2,(H,28,29)(H,30,31). The third-order valence-corrected chi connectivity index (χ3v) is 6.96. The Labute approximate surface area is 204 Å². The van der Waals surface area contributed by atoms with Crippen LogP contribution < -0.4 is 9.04 Å². The van der Waals surface area contributed by atoms with Crippen LogP contribution in [0, 0.1) is 0 Å². The minimum absolute atomic E-state index is 0.367. The van der Waals surface area contributed by atoms with Gasteiger partial charge in [-0.1, -0.05) is 47.5 Å². The molecule has 0 aliphatic heterocycles. The van der Waals surface area contributed by atoms with Crippen LogP contribution in [0.1, 0.15) is 30.0 Å². The van der Waals surface area contributed by atoms with Gasteiger partial charge in [-0.15, -0.1) is 0 Å². The largest absolute Gasteiger partial charge is 0.482 e. The zero-order valence-corrected chi connectivity index (χ0v) is 19.7. The summed E-state index contributed by atoms with van der Waals surface area (Å²) in [5.74, 6) is -0.563. The van der Waals surface area contributed by atoms with Crippen molar-refractivity contribution in [1.82, 2.24) is 0 Å². The molecule has 33 heavy (non-hydrogen) atoms. The average Bonchev–Trinajstić information content (AvgIpc) is 2.80. The number of fused-ring (bicyclic) bond motifs is 1. The molecule has 0 radical (unpaired) electrons. The smallest absolute Gasteiger partial charge is 0.341 e. The maximum atomic E-state index is 12.5. The van der Waals surface area contributed by atoms with E-state index in [2.05, 4.69) is 0 Å². The van der Waals surface area contributed by atoms with E-state index in [4.69, 9.17) is 33.0 Å². The van der Waals surface area contributed by atoms with Crippen molar-refractivity contribution in [3.05, 3.63) is 81.8 Å². The summed E-state index contributed by atoms with van der Waals surface area (Å²) in [7, 11) is 0. The summed E-state index contributed by atoms with van der Waals surface area (Å²) in [4.78, 5) is 10.9. The lowest BCUT2D eigenvalue weighted by atomic mass is 9.87. The quantitative estimate of drug-likeness (QED) is 0.376. The minimum Gasteiger partial charge on any atom is -0.482 e. The fraction of sp³-hybridized carbons (Fsp3) is 0.208. The summed E-state index contributed by atoms with van der Waals surface area (Å²) in [6.07, 6.45) is 2.15. The molecule has 2 unspecified atom stereocenters. The van der Waals surface area contributed by atoms with Gasteiger partial charge in [-0.3, -0.25) is 8.86 Å². The molecule has 0 spiro atoms. The first-order valence-corrected chi connectivity index (χ1v) is 12.1. The van der Waals surface area contributed by atoms with E-state index in [1.807, 2.05) is 18.2 Å². The summed E-state index contributed by atoms with van der Waals surface area (Å²) in [6.45, 7) is -0.440. The molecule has 3 aromatic carbocycles. The van der Waals surface area contributed by atoms with Gasteiger partial charge in [0.15, 0.2) is 6.61 Å². The van der Waals surface area contributed by atoms with Crippen LogP contribution in [0.15, 0.2) is 60.7 Å². The van der Waals surface area contributed by atoms with E-state index in [1.165, 1.54) is 4.31 Å². The van der Waals surface area contributed by atoms with E-state index in [9.17, 15) is 13.6 Å². The van der Waals surface area contributed by atoms with Gasteiger partial charge in [-0.25, -0.2) is 9.00 Å². The molecule has 2 N–H and O–H groups in total.